The zero-order chi connectivity index (χ0) is 16.9. The Balaban J connectivity index is 2.00. The first-order chi connectivity index (χ1) is 11.0. The number of carbonyl (C=O) groups is 1. The van der Waals surface area contributed by atoms with Crippen LogP contribution in [-0.4, -0.2) is 45.6 Å². The number of para-hydroxylation sites is 1. The summed E-state index contributed by atoms with van der Waals surface area (Å²) in [5, 5.41) is 17.1. The van der Waals surface area contributed by atoms with Crippen LogP contribution < -0.4 is 4.84 Å². The smallest absolute Gasteiger partial charge is 0.365 e. The van der Waals surface area contributed by atoms with Gasteiger partial charge in [-0.15, -0.1) is 5.10 Å². The largest absolute Gasteiger partial charge is 0.393 e. The van der Waals surface area contributed by atoms with Crippen molar-refractivity contribution >= 4 is 17.0 Å². The van der Waals surface area contributed by atoms with Gasteiger partial charge in [0.25, 0.3) is 0 Å². The summed E-state index contributed by atoms with van der Waals surface area (Å²) < 4.78 is 5.55. The lowest BCUT2D eigenvalue weighted by atomic mass is 9.89. The highest BCUT2D eigenvalue weighted by Crippen LogP contribution is 2.23. The summed E-state index contributed by atoms with van der Waals surface area (Å²) >= 11 is 0. The van der Waals surface area contributed by atoms with Crippen molar-refractivity contribution < 1.29 is 19.5 Å². The predicted molar refractivity (Wildman–Crippen MR) is 84.6 cm³/mol. The highest BCUT2D eigenvalue weighted by molar-refractivity contribution is 5.77. The van der Waals surface area contributed by atoms with Crippen LogP contribution in [-0.2, 0) is 9.53 Å². The summed E-state index contributed by atoms with van der Waals surface area (Å²) in [6.45, 7) is 6.12. The SMILES string of the molecule is CCCC(C)(C)COC(CO)C(=O)On1nnc2ccccc21. The van der Waals surface area contributed by atoms with Gasteiger partial charge in [0.05, 0.1) is 13.2 Å². The fourth-order valence-electron chi connectivity index (χ4n) is 2.33. The molecule has 0 aliphatic carbocycles. The van der Waals surface area contributed by atoms with E-state index in [1.807, 2.05) is 6.07 Å². The molecule has 7 nitrogen and oxygen atoms in total. The molecule has 2 rings (SSSR count). The Morgan fingerprint density at radius 2 is 2.13 bits per heavy atom. The minimum Gasteiger partial charge on any atom is -0.393 e. The van der Waals surface area contributed by atoms with Crippen LogP contribution in [0.25, 0.3) is 11.0 Å². The van der Waals surface area contributed by atoms with E-state index in [4.69, 9.17) is 9.57 Å². The molecule has 23 heavy (non-hydrogen) atoms. The molecule has 1 heterocycles. The molecule has 0 spiro atoms. The van der Waals surface area contributed by atoms with E-state index in [0.29, 0.717) is 17.6 Å². The second-order valence-corrected chi connectivity index (χ2v) is 6.26. The second kappa shape index (κ2) is 7.52. The fourth-order valence-corrected chi connectivity index (χ4v) is 2.33. The minimum atomic E-state index is -1.05. The fraction of sp³-hybridized carbons (Fsp3) is 0.562. The first-order valence-electron chi connectivity index (χ1n) is 7.72. The van der Waals surface area contributed by atoms with Crippen LogP contribution in [0.3, 0.4) is 0 Å². The Kier molecular flexibility index (Phi) is 5.68. The first-order valence-corrected chi connectivity index (χ1v) is 7.72. The van der Waals surface area contributed by atoms with E-state index in [0.717, 1.165) is 17.7 Å². The number of hydrogen-bond donors (Lipinski definition) is 1. The Morgan fingerprint density at radius 1 is 1.39 bits per heavy atom. The van der Waals surface area contributed by atoms with Gasteiger partial charge in [-0.1, -0.05) is 44.2 Å². The van der Waals surface area contributed by atoms with Crippen molar-refractivity contribution in [2.24, 2.45) is 5.41 Å². The maximum Gasteiger partial charge on any atom is 0.365 e. The average Bonchev–Trinajstić information content (AvgIpc) is 2.91. The van der Waals surface area contributed by atoms with Crippen LogP contribution in [0.1, 0.15) is 33.6 Å². The summed E-state index contributed by atoms with van der Waals surface area (Å²) in [6, 6.07) is 7.11. The number of carbonyl (C=O) groups excluding carboxylic acids is 1. The molecule has 1 aromatic heterocycles. The molecule has 0 saturated carbocycles. The van der Waals surface area contributed by atoms with Gasteiger partial charge in [0.15, 0.2) is 6.10 Å². The molecule has 126 valence electrons. The number of ether oxygens (including phenoxy) is 1. The summed E-state index contributed by atoms with van der Waals surface area (Å²) in [5.74, 6) is -0.699. The molecule has 0 fully saturated rings. The summed E-state index contributed by atoms with van der Waals surface area (Å²) in [5.41, 5.74) is 1.12. The number of nitrogens with zero attached hydrogens (tertiary/aromatic N) is 3. The zero-order valence-corrected chi connectivity index (χ0v) is 13.7. The van der Waals surface area contributed by atoms with E-state index >= 15 is 0 Å². The highest BCUT2D eigenvalue weighted by atomic mass is 16.7. The van der Waals surface area contributed by atoms with Gasteiger partial charge in [-0.05, 0) is 29.2 Å². The number of hydrogen-bond acceptors (Lipinski definition) is 6. The third-order valence-electron chi connectivity index (χ3n) is 3.53. The topological polar surface area (TPSA) is 86.5 Å². The molecule has 0 aliphatic rings. The van der Waals surface area contributed by atoms with Crippen molar-refractivity contribution in [3.63, 3.8) is 0 Å². The average molecular weight is 321 g/mol. The molecule has 0 amide bonds. The lowest BCUT2D eigenvalue weighted by Gasteiger charge is -2.25. The van der Waals surface area contributed by atoms with Gasteiger partial charge < -0.3 is 14.7 Å². The molecule has 1 unspecified atom stereocenters. The van der Waals surface area contributed by atoms with E-state index in [2.05, 4.69) is 31.1 Å². The van der Waals surface area contributed by atoms with Gasteiger partial charge in [-0.2, -0.15) is 0 Å². The van der Waals surface area contributed by atoms with Gasteiger partial charge in [0.1, 0.15) is 11.0 Å². The van der Waals surface area contributed by atoms with Gasteiger partial charge in [0, 0.05) is 0 Å². The molecule has 1 aromatic carbocycles. The second-order valence-electron chi connectivity index (χ2n) is 6.26. The Morgan fingerprint density at radius 3 is 2.83 bits per heavy atom. The van der Waals surface area contributed by atoms with Gasteiger partial charge >= 0.3 is 5.97 Å². The van der Waals surface area contributed by atoms with Crippen molar-refractivity contribution in [1.82, 2.24) is 15.2 Å². The highest BCUT2D eigenvalue weighted by Gasteiger charge is 2.26. The number of aliphatic hydroxyl groups excluding tert-OH is 1. The quantitative estimate of drug-likeness (QED) is 0.743. The van der Waals surface area contributed by atoms with Crippen LogP contribution in [0.5, 0.6) is 0 Å². The molecule has 1 N–H and O–H groups in total. The third kappa shape index (κ3) is 4.49. The van der Waals surface area contributed by atoms with Gasteiger partial charge in [-0.25, -0.2) is 4.79 Å². The first kappa shape index (κ1) is 17.4. The van der Waals surface area contributed by atoms with E-state index in [-0.39, 0.29) is 5.41 Å². The van der Waals surface area contributed by atoms with Crippen LogP contribution in [0.2, 0.25) is 0 Å². The van der Waals surface area contributed by atoms with Crippen molar-refractivity contribution in [1.29, 1.82) is 0 Å². The summed E-state index contributed by atoms with van der Waals surface area (Å²) in [6.07, 6.45) is 0.942. The molecule has 0 saturated heterocycles. The van der Waals surface area contributed by atoms with Crippen molar-refractivity contribution in [2.75, 3.05) is 13.2 Å². The Hall–Kier alpha value is -1.99. The third-order valence-corrected chi connectivity index (χ3v) is 3.53. The normalized spacial score (nSPS) is 13.2. The van der Waals surface area contributed by atoms with E-state index in [1.165, 1.54) is 0 Å². The van der Waals surface area contributed by atoms with E-state index in [9.17, 15) is 9.90 Å². The van der Waals surface area contributed by atoms with Crippen LogP contribution in [0.4, 0.5) is 0 Å². The zero-order valence-electron chi connectivity index (χ0n) is 13.7. The van der Waals surface area contributed by atoms with E-state index < -0.39 is 18.7 Å². The molecular weight excluding hydrogens is 298 g/mol. The molecule has 0 aliphatic heterocycles. The Labute approximate surface area is 135 Å². The lowest BCUT2D eigenvalue weighted by molar-refractivity contribution is -0.163. The van der Waals surface area contributed by atoms with E-state index in [1.54, 1.807) is 18.2 Å². The number of fused-ring (bicyclic) bond motifs is 1. The lowest BCUT2D eigenvalue weighted by Crippen LogP contribution is -2.38. The molecular formula is C16H23N3O4. The number of rotatable bonds is 8. The maximum absolute atomic E-state index is 12.2. The van der Waals surface area contributed by atoms with Gasteiger partial charge in [0.2, 0.25) is 0 Å². The van der Waals surface area contributed by atoms with Crippen LogP contribution in [0, 0.1) is 5.41 Å². The number of benzene rings is 1. The van der Waals surface area contributed by atoms with Crippen LogP contribution >= 0.6 is 0 Å². The van der Waals surface area contributed by atoms with Crippen molar-refractivity contribution in [2.45, 2.75) is 39.7 Å². The van der Waals surface area contributed by atoms with Crippen molar-refractivity contribution in [3.05, 3.63) is 24.3 Å². The molecule has 0 bridgehead atoms. The standard InChI is InChI=1S/C16H23N3O4/c1-4-9-16(2,3)11-22-14(10-20)15(21)23-19-13-8-6-5-7-12(13)17-18-19/h5-8,14,20H,4,9-11H2,1-3H3. The number of aliphatic hydroxyl groups is 1. The summed E-state index contributed by atoms with van der Waals surface area (Å²) in [7, 11) is 0. The Bertz CT molecular complexity index is 654. The van der Waals surface area contributed by atoms with Gasteiger partial charge in [-0.3, -0.25) is 0 Å². The minimum absolute atomic E-state index is 0.0671. The maximum atomic E-state index is 12.2. The molecule has 7 heteroatoms. The monoisotopic (exact) mass is 321 g/mol. The predicted octanol–water partition coefficient (Wildman–Crippen LogP) is 1.59. The van der Waals surface area contributed by atoms with Crippen LogP contribution in [0.15, 0.2) is 24.3 Å². The molecule has 0 radical (unpaired) electrons. The molecule has 1 atom stereocenters. The van der Waals surface area contributed by atoms with Crippen molar-refractivity contribution in [3.8, 4) is 0 Å². The number of aromatic nitrogens is 3. The molecule has 2 aromatic rings. The summed E-state index contributed by atoms with van der Waals surface area (Å²) in [4.78, 5) is 18.4.